The van der Waals surface area contributed by atoms with Crippen molar-refractivity contribution in [3.63, 3.8) is 0 Å². The van der Waals surface area contributed by atoms with Crippen molar-refractivity contribution in [2.24, 2.45) is 0 Å². The highest BCUT2D eigenvalue weighted by molar-refractivity contribution is 5.88. The van der Waals surface area contributed by atoms with Gasteiger partial charge >= 0.3 is 6.18 Å². The molecule has 0 saturated carbocycles. The zero-order valence-electron chi connectivity index (χ0n) is 16.4. The van der Waals surface area contributed by atoms with Gasteiger partial charge in [0.15, 0.2) is 5.65 Å². The van der Waals surface area contributed by atoms with Gasteiger partial charge in [-0.3, -0.25) is 14.6 Å². The molecule has 0 aromatic carbocycles. The Hall–Kier alpha value is -3.64. The Bertz CT molecular complexity index is 1090. The number of rotatable bonds is 6. The van der Waals surface area contributed by atoms with E-state index < -0.39 is 12.7 Å². The van der Waals surface area contributed by atoms with Crippen LogP contribution in [0.15, 0.2) is 31.2 Å². The van der Waals surface area contributed by atoms with Gasteiger partial charge in [-0.15, -0.1) is 0 Å². The molecule has 0 aliphatic carbocycles. The SMILES string of the molecule is C=CC(=O)N1CCC[C@@H](Nc2nc(Nc3cnn(CC(F)(F)F)c3)nc3[nH]ncc23)C1. The summed E-state index contributed by atoms with van der Waals surface area (Å²) in [5.41, 5.74) is 0.770. The first-order valence-electron chi connectivity index (χ1n) is 9.56. The number of piperidine rings is 1. The number of nitrogens with zero attached hydrogens (tertiary/aromatic N) is 6. The highest BCUT2D eigenvalue weighted by Gasteiger charge is 2.28. The number of aromatic nitrogens is 6. The van der Waals surface area contributed by atoms with Crippen LogP contribution in [0.25, 0.3) is 11.0 Å². The van der Waals surface area contributed by atoms with E-state index in [2.05, 4.69) is 42.5 Å². The lowest BCUT2D eigenvalue weighted by Crippen LogP contribution is -2.44. The molecule has 3 N–H and O–H groups in total. The number of hydrogen-bond donors (Lipinski definition) is 3. The number of alkyl halides is 3. The van der Waals surface area contributed by atoms with E-state index in [9.17, 15) is 18.0 Å². The van der Waals surface area contributed by atoms with Crippen molar-refractivity contribution < 1.29 is 18.0 Å². The molecular formula is C18H20F3N9O. The van der Waals surface area contributed by atoms with Crippen molar-refractivity contribution in [2.75, 3.05) is 23.7 Å². The summed E-state index contributed by atoms with van der Waals surface area (Å²) >= 11 is 0. The lowest BCUT2D eigenvalue weighted by molar-refractivity contribution is -0.142. The summed E-state index contributed by atoms with van der Waals surface area (Å²) in [6.07, 6.45) is 2.67. The second-order valence-electron chi connectivity index (χ2n) is 7.17. The van der Waals surface area contributed by atoms with E-state index in [1.54, 1.807) is 11.1 Å². The van der Waals surface area contributed by atoms with Crippen LogP contribution in [0, 0.1) is 0 Å². The molecule has 13 heteroatoms. The van der Waals surface area contributed by atoms with Crippen molar-refractivity contribution >= 4 is 34.4 Å². The van der Waals surface area contributed by atoms with Crippen LogP contribution >= 0.6 is 0 Å². The Kier molecular flexibility index (Phi) is 5.48. The molecule has 1 atom stereocenters. The zero-order chi connectivity index (χ0) is 22.0. The fourth-order valence-corrected chi connectivity index (χ4v) is 3.45. The molecule has 31 heavy (non-hydrogen) atoms. The number of carbonyl (C=O) groups excluding carboxylic acids is 1. The van der Waals surface area contributed by atoms with Crippen LogP contribution in [0.3, 0.4) is 0 Å². The van der Waals surface area contributed by atoms with Gasteiger partial charge in [0, 0.05) is 25.3 Å². The summed E-state index contributed by atoms with van der Waals surface area (Å²) in [5, 5.41) is 17.3. The van der Waals surface area contributed by atoms with Gasteiger partial charge in [-0.05, 0) is 18.9 Å². The number of H-pyrrole nitrogens is 1. The normalized spacial score (nSPS) is 17.0. The van der Waals surface area contributed by atoms with E-state index in [0.717, 1.165) is 17.5 Å². The molecule has 1 saturated heterocycles. The molecule has 4 rings (SSSR count). The summed E-state index contributed by atoms with van der Waals surface area (Å²) in [4.78, 5) is 22.4. The van der Waals surface area contributed by atoms with Gasteiger partial charge < -0.3 is 15.5 Å². The third kappa shape index (κ3) is 4.92. The Morgan fingerprint density at radius 1 is 1.35 bits per heavy atom. The third-order valence-electron chi connectivity index (χ3n) is 4.79. The van der Waals surface area contributed by atoms with Crippen LogP contribution < -0.4 is 10.6 Å². The standard InChI is InChI=1S/C18H20F3N9O/c1-2-14(31)29-5-3-4-11(8-29)24-15-13-7-22-28-16(13)27-17(26-15)25-12-6-23-30(9-12)10-18(19,20)21/h2,6-7,9,11H,1,3-5,8,10H2,(H3,22,24,25,26,27,28)/t11-/m1/s1. The molecule has 0 bridgehead atoms. The monoisotopic (exact) mass is 435 g/mol. The zero-order valence-corrected chi connectivity index (χ0v) is 16.4. The topological polar surface area (TPSA) is 117 Å². The molecule has 1 aliphatic rings. The van der Waals surface area contributed by atoms with E-state index in [1.807, 2.05) is 0 Å². The van der Waals surface area contributed by atoms with E-state index in [4.69, 9.17) is 0 Å². The Labute approximate surface area is 174 Å². The number of halogens is 3. The fraction of sp³-hybridized carbons (Fsp3) is 0.389. The van der Waals surface area contributed by atoms with Crippen LogP contribution in [0.5, 0.6) is 0 Å². The van der Waals surface area contributed by atoms with Crippen LogP contribution in [0.1, 0.15) is 12.8 Å². The highest BCUT2D eigenvalue weighted by Crippen LogP contribution is 2.25. The number of nitrogens with one attached hydrogen (secondary N) is 3. The number of aromatic amines is 1. The summed E-state index contributed by atoms with van der Waals surface area (Å²) in [5.74, 6) is 0.545. The first kappa shape index (κ1) is 20.6. The lowest BCUT2D eigenvalue weighted by Gasteiger charge is -2.32. The van der Waals surface area contributed by atoms with Crippen LogP contribution in [-0.2, 0) is 11.3 Å². The molecule has 1 aliphatic heterocycles. The number of hydrogen-bond acceptors (Lipinski definition) is 7. The van der Waals surface area contributed by atoms with E-state index >= 15 is 0 Å². The van der Waals surface area contributed by atoms with Crippen molar-refractivity contribution in [1.29, 1.82) is 0 Å². The van der Waals surface area contributed by atoms with Crippen LogP contribution in [0.4, 0.5) is 30.6 Å². The molecule has 1 amide bonds. The van der Waals surface area contributed by atoms with Crippen LogP contribution in [0.2, 0.25) is 0 Å². The molecule has 1 fully saturated rings. The quantitative estimate of drug-likeness (QED) is 0.509. The molecule has 3 aromatic rings. The Morgan fingerprint density at radius 3 is 2.97 bits per heavy atom. The van der Waals surface area contributed by atoms with Gasteiger partial charge in [0.05, 0.1) is 23.5 Å². The number of anilines is 3. The highest BCUT2D eigenvalue weighted by atomic mass is 19.4. The second-order valence-corrected chi connectivity index (χ2v) is 7.17. The molecule has 3 aromatic heterocycles. The fourth-order valence-electron chi connectivity index (χ4n) is 3.45. The molecule has 0 radical (unpaired) electrons. The van der Waals surface area contributed by atoms with Gasteiger partial charge in [-0.1, -0.05) is 6.58 Å². The minimum atomic E-state index is -4.37. The maximum absolute atomic E-state index is 12.5. The summed E-state index contributed by atoms with van der Waals surface area (Å²) in [6.45, 7) is 3.51. The van der Waals surface area contributed by atoms with E-state index in [-0.39, 0.29) is 17.9 Å². The van der Waals surface area contributed by atoms with Crippen molar-refractivity contribution in [3.8, 4) is 0 Å². The molecule has 164 valence electrons. The first-order chi connectivity index (χ1) is 14.8. The lowest BCUT2D eigenvalue weighted by atomic mass is 10.1. The largest absolute Gasteiger partial charge is 0.408 e. The second kappa shape index (κ2) is 8.24. The maximum Gasteiger partial charge on any atom is 0.408 e. The summed E-state index contributed by atoms with van der Waals surface area (Å²) in [7, 11) is 0. The van der Waals surface area contributed by atoms with Crippen molar-refractivity contribution in [1.82, 2.24) is 34.8 Å². The van der Waals surface area contributed by atoms with Gasteiger partial charge in [-0.25, -0.2) is 0 Å². The number of likely N-dealkylation sites (tertiary alicyclic amines) is 1. The van der Waals surface area contributed by atoms with E-state index in [1.165, 1.54) is 18.5 Å². The minimum absolute atomic E-state index is 0.0342. The van der Waals surface area contributed by atoms with Crippen molar-refractivity contribution in [2.45, 2.75) is 31.6 Å². The summed E-state index contributed by atoms with van der Waals surface area (Å²) < 4.78 is 38.4. The van der Waals surface area contributed by atoms with Crippen LogP contribution in [-0.4, -0.2) is 66.1 Å². The average molecular weight is 435 g/mol. The van der Waals surface area contributed by atoms with Gasteiger partial charge in [0.2, 0.25) is 11.9 Å². The number of amides is 1. The first-order valence-corrected chi connectivity index (χ1v) is 9.56. The molecule has 0 spiro atoms. The molecular weight excluding hydrogens is 415 g/mol. The van der Waals surface area contributed by atoms with Gasteiger partial charge in [-0.2, -0.15) is 33.3 Å². The van der Waals surface area contributed by atoms with Crippen molar-refractivity contribution in [3.05, 3.63) is 31.2 Å². The number of fused-ring (bicyclic) bond motifs is 1. The minimum Gasteiger partial charge on any atom is -0.365 e. The third-order valence-corrected chi connectivity index (χ3v) is 4.79. The molecule has 0 unspecified atom stereocenters. The van der Waals surface area contributed by atoms with Gasteiger partial charge in [0.1, 0.15) is 12.4 Å². The smallest absolute Gasteiger partial charge is 0.365 e. The molecule has 4 heterocycles. The maximum atomic E-state index is 12.5. The average Bonchev–Trinajstić information content (AvgIpc) is 3.36. The summed E-state index contributed by atoms with van der Waals surface area (Å²) in [6, 6.07) is -0.0342. The van der Waals surface area contributed by atoms with E-state index in [0.29, 0.717) is 35.6 Å². The predicted molar refractivity (Wildman–Crippen MR) is 107 cm³/mol. The van der Waals surface area contributed by atoms with Gasteiger partial charge in [0.25, 0.3) is 0 Å². The number of carbonyl (C=O) groups is 1. The Balaban J connectivity index is 1.53. The predicted octanol–water partition coefficient (Wildman–Crippen LogP) is 2.44. The Morgan fingerprint density at radius 2 is 2.19 bits per heavy atom. The molecule has 10 nitrogen and oxygen atoms in total.